The van der Waals surface area contributed by atoms with Gasteiger partial charge in [-0.2, -0.15) is 0 Å². The van der Waals surface area contributed by atoms with Crippen molar-refractivity contribution in [3.8, 4) is 23.0 Å². The molecular formula is C12H16O5. The van der Waals surface area contributed by atoms with Gasteiger partial charge < -0.3 is 20.4 Å². The Labute approximate surface area is 99.0 Å². The molecule has 1 rings (SSSR count). The van der Waals surface area contributed by atoms with Gasteiger partial charge in [0, 0.05) is 5.56 Å². The fourth-order valence-corrected chi connectivity index (χ4v) is 1.70. The van der Waals surface area contributed by atoms with Gasteiger partial charge in [-0.15, -0.1) is 0 Å². The predicted molar refractivity (Wildman–Crippen MR) is 61.7 cm³/mol. The number of phenols is 4. The van der Waals surface area contributed by atoms with E-state index in [1.165, 1.54) is 0 Å². The highest BCUT2D eigenvalue weighted by atomic mass is 16.3. The van der Waals surface area contributed by atoms with Crippen molar-refractivity contribution in [2.75, 3.05) is 0 Å². The van der Waals surface area contributed by atoms with Crippen LogP contribution in [-0.2, 0) is 6.42 Å². The molecule has 0 aliphatic carbocycles. The van der Waals surface area contributed by atoms with E-state index in [2.05, 4.69) is 0 Å². The molecule has 1 aromatic carbocycles. The van der Waals surface area contributed by atoms with Gasteiger partial charge in [0.2, 0.25) is 11.5 Å². The van der Waals surface area contributed by atoms with E-state index in [1.54, 1.807) is 0 Å². The lowest BCUT2D eigenvalue weighted by Crippen LogP contribution is -1.96. The van der Waals surface area contributed by atoms with Crippen molar-refractivity contribution in [1.29, 1.82) is 0 Å². The Bertz CT molecular complexity index is 426. The number of carbonyl (C=O) groups excluding carboxylic acids is 1. The van der Waals surface area contributed by atoms with E-state index < -0.39 is 23.0 Å². The van der Waals surface area contributed by atoms with Crippen molar-refractivity contribution in [3.63, 3.8) is 0 Å². The lowest BCUT2D eigenvalue weighted by molar-refractivity contribution is 0.111. The Morgan fingerprint density at radius 1 is 0.941 bits per heavy atom. The lowest BCUT2D eigenvalue weighted by Gasteiger charge is -2.12. The van der Waals surface area contributed by atoms with Gasteiger partial charge in [-0.05, 0) is 12.8 Å². The molecule has 0 heterocycles. The number of hydrogen-bond donors (Lipinski definition) is 4. The van der Waals surface area contributed by atoms with Crippen LogP contribution in [0.2, 0.25) is 0 Å². The van der Waals surface area contributed by atoms with Crippen LogP contribution in [0.4, 0.5) is 0 Å². The maximum atomic E-state index is 10.8. The van der Waals surface area contributed by atoms with Crippen molar-refractivity contribution in [2.24, 2.45) is 0 Å². The predicted octanol–water partition coefficient (Wildman–Crippen LogP) is 2.05. The van der Waals surface area contributed by atoms with Crippen molar-refractivity contribution < 1.29 is 25.2 Å². The third-order valence-electron chi connectivity index (χ3n) is 2.69. The molecule has 0 bridgehead atoms. The summed E-state index contributed by atoms with van der Waals surface area (Å²) in [6, 6.07) is 0. The molecule has 4 N–H and O–H groups in total. The first-order valence-electron chi connectivity index (χ1n) is 5.48. The van der Waals surface area contributed by atoms with Crippen LogP contribution in [0.3, 0.4) is 0 Å². The molecule has 0 saturated carbocycles. The summed E-state index contributed by atoms with van der Waals surface area (Å²) in [6.45, 7) is 2.01. The number of carbonyl (C=O) groups is 1. The molecule has 0 spiro atoms. The minimum atomic E-state index is -0.871. The molecule has 5 heteroatoms. The van der Waals surface area contributed by atoms with Gasteiger partial charge in [0.1, 0.15) is 0 Å². The third-order valence-corrected chi connectivity index (χ3v) is 2.69. The molecule has 0 saturated heterocycles. The van der Waals surface area contributed by atoms with Crippen molar-refractivity contribution >= 4 is 6.29 Å². The summed E-state index contributed by atoms with van der Waals surface area (Å²) in [4.78, 5) is 10.8. The molecule has 0 unspecified atom stereocenters. The number of aromatic hydroxyl groups is 4. The first-order valence-corrected chi connectivity index (χ1v) is 5.48. The summed E-state index contributed by atoms with van der Waals surface area (Å²) in [6.07, 6.45) is 3.30. The van der Waals surface area contributed by atoms with Crippen LogP contribution in [-0.4, -0.2) is 26.7 Å². The zero-order valence-electron chi connectivity index (χ0n) is 9.60. The Hall–Kier alpha value is -1.91. The fourth-order valence-electron chi connectivity index (χ4n) is 1.70. The van der Waals surface area contributed by atoms with E-state index in [1.807, 2.05) is 6.92 Å². The van der Waals surface area contributed by atoms with Crippen molar-refractivity contribution in [1.82, 2.24) is 0 Å². The Kier molecular flexibility index (Phi) is 4.20. The zero-order valence-corrected chi connectivity index (χ0v) is 9.60. The highest BCUT2D eigenvalue weighted by Crippen LogP contribution is 2.46. The van der Waals surface area contributed by atoms with Gasteiger partial charge in [0.15, 0.2) is 17.8 Å². The molecule has 94 valence electrons. The average Bonchev–Trinajstić information content (AvgIpc) is 2.33. The van der Waals surface area contributed by atoms with E-state index >= 15 is 0 Å². The van der Waals surface area contributed by atoms with Gasteiger partial charge >= 0.3 is 0 Å². The highest BCUT2D eigenvalue weighted by Gasteiger charge is 2.22. The summed E-state index contributed by atoms with van der Waals surface area (Å²) in [5.41, 5.74) is -0.00449. The van der Waals surface area contributed by atoms with Gasteiger partial charge in [0.25, 0.3) is 0 Å². The van der Waals surface area contributed by atoms with Gasteiger partial charge in [0.05, 0.1) is 5.56 Å². The average molecular weight is 240 g/mol. The second-order valence-electron chi connectivity index (χ2n) is 3.86. The van der Waals surface area contributed by atoms with E-state index in [9.17, 15) is 25.2 Å². The number of hydrogen-bond acceptors (Lipinski definition) is 5. The number of unbranched alkanes of at least 4 members (excludes halogenated alkanes) is 2. The number of benzene rings is 1. The summed E-state index contributed by atoms with van der Waals surface area (Å²) < 4.78 is 0. The summed E-state index contributed by atoms with van der Waals surface area (Å²) >= 11 is 0. The molecule has 5 nitrogen and oxygen atoms in total. The number of phenolic OH excluding ortho intramolecular Hbond substituents is 4. The highest BCUT2D eigenvalue weighted by molar-refractivity contribution is 5.86. The van der Waals surface area contributed by atoms with Crippen LogP contribution in [0.25, 0.3) is 0 Å². The van der Waals surface area contributed by atoms with Crippen LogP contribution in [0.5, 0.6) is 23.0 Å². The minimum Gasteiger partial charge on any atom is -0.504 e. The first-order chi connectivity index (χ1) is 8.04. The smallest absolute Gasteiger partial charge is 0.205 e. The molecule has 0 aliphatic heterocycles. The maximum Gasteiger partial charge on any atom is 0.205 e. The fraction of sp³-hybridized carbons (Fsp3) is 0.417. The van der Waals surface area contributed by atoms with Gasteiger partial charge in [-0.25, -0.2) is 0 Å². The summed E-state index contributed by atoms with van der Waals surface area (Å²) in [7, 11) is 0. The van der Waals surface area contributed by atoms with Crippen LogP contribution >= 0.6 is 0 Å². The SMILES string of the molecule is CCCCCc1c(O)c(O)c(O)c(O)c1C=O. The van der Waals surface area contributed by atoms with Crippen LogP contribution in [0.15, 0.2) is 0 Å². The molecule has 0 atom stereocenters. The Morgan fingerprint density at radius 3 is 2.06 bits per heavy atom. The second kappa shape index (κ2) is 5.43. The topological polar surface area (TPSA) is 98.0 Å². The van der Waals surface area contributed by atoms with Crippen LogP contribution in [0, 0.1) is 0 Å². The molecule has 1 aromatic rings. The van der Waals surface area contributed by atoms with Crippen molar-refractivity contribution in [2.45, 2.75) is 32.6 Å². The van der Waals surface area contributed by atoms with Crippen LogP contribution in [0.1, 0.15) is 42.1 Å². The molecule has 0 radical (unpaired) electrons. The van der Waals surface area contributed by atoms with Crippen molar-refractivity contribution in [3.05, 3.63) is 11.1 Å². The Balaban J connectivity index is 3.22. The number of aldehydes is 1. The quantitative estimate of drug-likeness (QED) is 0.273. The minimum absolute atomic E-state index is 0.168. The molecule has 0 fully saturated rings. The molecular weight excluding hydrogens is 224 g/mol. The maximum absolute atomic E-state index is 10.8. The normalized spacial score (nSPS) is 10.4. The van der Waals surface area contributed by atoms with E-state index in [0.717, 1.165) is 12.8 Å². The van der Waals surface area contributed by atoms with E-state index in [4.69, 9.17) is 0 Å². The van der Waals surface area contributed by atoms with Gasteiger partial charge in [-0.3, -0.25) is 4.79 Å². The molecule has 0 amide bonds. The standard InChI is InChI=1S/C12H16O5/c1-2-3-4-5-7-8(6-13)10(15)12(17)11(16)9(7)14/h6,14-17H,2-5H2,1H3. The van der Waals surface area contributed by atoms with Gasteiger partial charge in [-0.1, -0.05) is 19.8 Å². The lowest BCUT2D eigenvalue weighted by atomic mass is 9.98. The molecule has 17 heavy (non-hydrogen) atoms. The Morgan fingerprint density at radius 2 is 1.53 bits per heavy atom. The van der Waals surface area contributed by atoms with Crippen LogP contribution < -0.4 is 0 Å². The third kappa shape index (κ3) is 2.43. The number of rotatable bonds is 5. The van der Waals surface area contributed by atoms with E-state index in [-0.39, 0.29) is 11.1 Å². The summed E-state index contributed by atoms with van der Waals surface area (Å²) in [5, 5.41) is 37.8. The largest absolute Gasteiger partial charge is 0.504 e. The first kappa shape index (κ1) is 13.2. The monoisotopic (exact) mass is 240 g/mol. The summed E-state index contributed by atoms with van der Waals surface area (Å²) in [5.74, 6) is -2.90. The second-order valence-corrected chi connectivity index (χ2v) is 3.86. The van der Waals surface area contributed by atoms with E-state index in [0.29, 0.717) is 19.1 Å². The zero-order chi connectivity index (χ0) is 13.0. The molecule has 0 aromatic heterocycles. The molecule has 0 aliphatic rings.